The topological polar surface area (TPSA) is 109 Å². The monoisotopic (exact) mass is 491 g/mol. The molecule has 0 amide bonds. The first-order valence-corrected chi connectivity index (χ1v) is 13.1. The van der Waals surface area contributed by atoms with Crippen molar-refractivity contribution in [1.29, 1.82) is 0 Å². The Kier molecular flexibility index (Phi) is 5.78. The predicted molar refractivity (Wildman–Crippen MR) is 135 cm³/mol. The average Bonchev–Trinajstić information content (AvgIpc) is 3.20. The highest BCUT2D eigenvalue weighted by molar-refractivity contribution is 7.88. The fourth-order valence-corrected chi connectivity index (χ4v) is 5.33. The number of aryl methyl sites for hydroxylation is 1. The minimum Gasteiger partial charge on any atom is -0.477 e. The summed E-state index contributed by atoms with van der Waals surface area (Å²) in [6, 6.07) is 19.0. The fourth-order valence-electron chi connectivity index (χ4n) is 4.51. The fraction of sp³-hybridized carbons (Fsp3) is 0.240. The van der Waals surface area contributed by atoms with Gasteiger partial charge in [-0.3, -0.25) is 0 Å². The van der Waals surface area contributed by atoms with Gasteiger partial charge in [0.1, 0.15) is 0 Å². The molecule has 3 heterocycles. The van der Waals surface area contributed by atoms with E-state index < -0.39 is 16.0 Å². The van der Waals surface area contributed by atoms with Gasteiger partial charge in [-0.15, -0.1) is 0 Å². The van der Waals surface area contributed by atoms with Crippen molar-refractivity contribution >= 4 is 32.7 Å². The second-order valence-corrected chi connectivity index (χ2v) is 10.6. The lowest BCUT2D eigenvalue weighted by Crippen LogP contribution is -2.48. The molecule has 4 aromatic rings. The minimum atomic E-state index is -3.18. The molecule has 180 valence electrons. The smallest absolute Gasteiger partial charge is 0.354 e. The molecule has 2 aromatic heterocycles. The number of sulfonamides is 1. The Morgan fingerprint density at radius 3 is 2.20 bits per heavy atom. The number of piperazine rings is 1. The van der Waals surface area contributed by atoms with E-state index in [-0.39, 0.29) is 5.69 Å². The highest BCUT2D eigenvalue weighted by Gasteiger charge is 2.24. The molecule has 9 nitrogen and oxygen atoms in total. The van der Waals surface area contributed by atoms with E-state index >= 15 is 0 Å². The zero-order valence-electron chi connectivity index (χ0n) is 19.4. The first kappa shape index (κ1) is 23.0. The first-order valence-electron chi connectivity index (χ1n) is 11.2. The third-order valence-electron chi connectivity index (χ3n) is 6.28. The number of hydrogen-bond acceptors (Lipinski definition) is 6. The number of aromatic nitrogens is 3. The molecule has 0 atom stereocenters. The van der Waals surface area contributed by atoms with Gasteiger partial charge in [0.15, 0.2) is 11.3 Å². The average molecular weight is 492 g/mol. The van der Waals surface area contributed by atoms with Crippen LogP contribution in [0.15, 0.2) is 60.7 Å². The van der Waals surface area contributed by atoms with E-state index in [2.05, 4.69) is 15.0 Å². The van der Waals surface area contributed by atoms with E-state index in [4.69, 9.17) is 0 Å². The van der Waals surface area contributed by atoms with Crippen molar-refractivity contribution in [3.05, 3.63) is 72.1 Å². The van der Waals surface area contributed by atoms with Crippen molar-refractivity contribution in [2.45, 2.75) is 6.92 Å². The van der Waals surface area contributed by atoms with Crippen LogP contribution in [-0.4, -0.2) is 71.0 Å². The standard InChI is InChI=1S/C25H25N5O4S/c1-17-23-21(16-22(25(31)32)26-24(23)30(27-17)20-6-4-3-5-7-20)18-8-10-19(11-9-18)28-12-14-29(15-13-28)35(2,33)34/h3-11,16H,12-15H2,1-2H3,(H,31,32). The summed E-state index contributed by atoms with van der Waals surface area (Å²) in [6.45, 7) is 4.01. The zero-order chi connectivity index (χ0) is 24.7. The molecular weight excluding hydrogens is 466 g/mol. The van der Waals surface area contributed by atoms with E-state index in [0.717, 1.165) is 33.6 Å². The van der Waals surface area contributed by atoms with Gasteiger partial charge in [-0.1, -0.05) is 30.3 Å². The Balaban J connectivity index is 1.53. The second-order valence-electron chi connectivity index (χ2n) is 8.59. The van der Waals surface area contributed by atoms with Crippen LogP contribution < -0.4 is 4.90 Å². The molecule has 1 aliphatic heterocycles. The maximum Gasteiger partial charge on any atom is 0.354 e. The number of carboxylic acids is 1. The molecule has 0 bridgehead atoms. The predicted octanol–water partition coefficient (Wildman–Crippen LogP) is 3.18. The third kappa shape index (κ3) is 4.38. The lowest BCUT2D eigenvalue weighted by molar-refractivity contribution is 0.0691. The lowest BCUT2D eigenvalue weighted by Gasteiger charge is -2.34. The normalized spacial score (nSPS) is 15.0. The van der Waals surface area contributed by atoms with Crippen molar-refractivity contribution in [3.8, 4) is 16.8 Å². The van der Waals surface area contributed by atoms with Crippen molar-refractivity contribution in [1.82, 2.24) is 19.1 Å². The molecule has 0 spiro atoms. The van der Waals surface area contributed by atoms with Crippen molar-refractivity contribution in [2.75, 3.05) is 37.3 Å². The lowest BCUT2D eigenvalue weighted by atomic mass is 10.0. The molecule has 5 rings (SSSR count). The molecule has 10 heteroatoms. The second kappa shape index (κ2) is 8.79. The molecular formula is C25H25N5O4S. The number of rotatable bonds is 5. The number of para-hydroxylation sites is 1. The minimum absolute atomic E-state index is 0.0504. The number of pyridine rings is 1. The van der Waals surface area contributed by atoms with E-state index in [1.807, 2.05) is 61.5 Å². The third-order valence-corrected chi connectivity index (χ3v) is 7.59. The Labute approximate surface area is 203 Å². The van der Waals surface area contributed by atoms with Crippen LogP contribution in [0, 0.1) is 6.92 Å². The summed E-state index contributed by atoms with van der Waals surface area (Å²) in [6.07, 6.45) is 1.24. The molecule has 1 saturated heterocycles. The summed E-state index contributed by atoms with van der Waals surface area (Å²) in [5.74, 6) is -1.10. The van der Waals surface area contributed by atoms with E-state index in [0.29, 0.717) is 31.8 Å². The summed E-state index contributed by atoms with van der Waals surface area (Å²) in [4.78, 5) is 18.5. The number of fused-ring (bicyclic) bond motifs is 1. The molecule has 0 saturated carbocycles. The van der Waals surface area contributed by atoms with Crippen LogP contribution in [0.2, 0.25) is 0 Å². The molecule has 0 radical (unpaired) electrons. The van der Waals surface area contributed by atoms with E-state index in [9.17, 15) is 18.3 Å². The SMILES string of the molecule is Cc1nn(-c2ccccc2)c2nc(C(=O)O)cc(-c3ccc(N4CCN(S(C)(=O)=O)CC4)cc3)c12. The Hall–Kier alpha value is -3.76. The number of benzene rings is 2. The maximum absolute atomic E-state index is 11.9. The summed E-state index contributed by atoms with van der Waals surface area (Å²) >= 11 is 0. The summed E-state index contributed by atoms with van der Waals surface area (Å²) in [5, 5.41) is 15.2. The van der Waals surface area contributed by atoms with Gasteiger partial charge in [0, 0.05) is 31.9 Å². The van der Waals surface area contributed by atoms with Crippen LogP contribution in [0.4, 0.5) is 5.69 Å². The summed E-state index contributed by atoms with van der Waals surface area (Å²) in [5.41, 5.74) is 4.59. The van der Waals surface area contributed by atoms with Crippen LogP contribution in [0.3, 0.4) is 0 Å². The van der Waals surface area contributed by atoms with Gasteiger partial charge in [0.25, 0.3) is 0 Å². The number of hydrogen-bond donors (Lipinski definition) is 1. The number of nitrogens with zero attached hydrogens (tertiary/aromatic N) is 5. The van der Waals surface area contributed by atoms with Crippen LogP contribution in [-0.2, 0) is 10.0 Å². The number of anilines is 1. The van der Waals surface area contributed by atoms with Gasteiger partial charge in [0.2, 0.25) is 10.0 Å². The van der Waals surface area contributed by atoms with Gasteiger partial charge in [-0.05, 0) is 48.4 Å². The zero-order valence-corrected chi connectivity index (χ0v) is 20.2. The van der Waals surface area contributed by atoms with Crippen LogP contribution in [0.1, 0.15) is 16.2 Å². The largest absolute Gasteiger partial charge is 0.477 e. The number of aromatic carboxylic acids is 1. The molecule has 0 unspecified atom stereocenters. The molecule has 1 aliphatic rings. The Morgan fingerprint density at radius 1 is 0.943 bits per heavy atom. The van der Waals surface area contributed by atoms with Crippen LogP contribution in [0.5, 0.6) is 0 Å². The quantitative estimate of drug-likeness (QED) is 0.457. The van der Waals surface area contributed by atoms with Gasteiger partial charge in [-0.25, -0.2) is 22.9 Å². The highest BCUT2D eigenvalue weighted by atomic mass is 32.2. The molecule has 0 aliphatic carbocycles. The Morgan fingerprint density at radius 2 is 1.60 bits per heavy atom. The van der Waals surface area contributed by atoms with Crippen LogP contribution >= 0.6 is 0 Å². The summed E-state index contributed by atoms with van der Waals surface area (Å²) in [7, 11) is -3.18. The van der Waals surface area contributed by atoms with Gasteiger partial charge >= 0.3 is 5.97 Å². The Bertz CT molecular complexity index is 1510. The van der Waals surface area contributed by atoms with Crippen LogP contribution in [0.25, 0.3) is 27.8 Å². The van der Waals surface area contributed by atoms with Gasteiger partial charge < -0.3 is 10.0 Å². The van der Waals surface area contributed by atoms with Gasteiger partial charge in [-0.2, -0.15) is 9.40 Å². The number of carbonyl (C=O) groups is 1. The van der Waals surface area contributed by atoms with E-state index in [1.54, 1.807) is 10.7 Å². The van der Waals surface area contributed by atoms with Gasteiger partial charge in [0.05, 0.1) is 23.0 Å². The summed E-state index contributed by atoms with van der Waals surface area (Å²) < 4.78 is 26.7. The van der Waals surface area contributed by atoms with Crippen molar-refractivity contribution in [2.24, 2.45) is 0 Å². The van der Waals surface area contributed by atoms with Crippen molar-refractivity contribution in [3.63, 3.8) is 0 Å². The first-order chi connectivity index (χ1) is 16.7. The van der Waals surface area contributed by atoms with Crippen molar-refractivity contribution < 1.29 is 18.3 Å². The molecule has 1 N–H and O–H groups in total. The maximum atomic E-state index is 11.9. The number of carboxylic acid groups (broad SMARTS) is 1. The molecule has 1 fully saturated rings. The molecule has 35 heavy (non-hydrogen) atoms. The van der Waals surface area contributed by atoms with E-state index in [1.165, 1.54) is 10.6 Å². The molecule has 2 aromatic carbocycles. The highest BCUT2D eigenvalue weighted by Crippen LogP contribution is 2.33.